The number of carbonyl (C=O) groups is 1. The molecular formula is C37H46N4O2. The summed E-state index contributed by atoms with van der Waals surface area (Å²) in [5.74, 6) is 1.38. The highest BCUT2D eigenvalue weighted by atomic mass is 16.5. The molecule has 0 saturated carbocycles. The highest BCUT2D eigenvalue weighted by Gasteiger charge is 2.11. The Hall–Kier alpha value is -3.93. The van der Waals surface area contributed by atoms with E-state index in [1.54, 1.807) is 24.3 Å². The van der Waals surface area contributed by atoms with Crippen molar-refractivity contribution in [3.8, 4) is 28.5 Å². The fraction of sp³-hybridized carbons (Fsp3) is 0.432. The minimum atomic E-state index is -0.412. The summed E-state index contributed by atoms with van der Waals surface area (Å²) in [7, 11) is 0. The molecule has 0 radical (unpaired) electrons. The van der Waals surface area contributed by atoms with Crippen LogP contribution < -0.4 is 4.74 Å². The number of hydrogen-bond donors (Lipinski definition) is 0. The van der Waals surface area contributed by atoms with Gasteiger partial charge in [0.1, 0.15) is 5.75 Å². The van der Waals surface area contributed by atoms with Crippen molar-refractivity contribution < 1.29 is 9.53 Å². The van der Waals surface area contributed by atoms with Crippen LogP contribution in [0, 0.1) is 0 Å². The summed E-state index contributed by atoms with van der Waals surface area (Å²) in [6.07, 6.45) is 25.0. The molecule has 2 aromatic heterocycles. The van der Waals surface area contributed by atoms with Crippen molar-refractivity contribution >= 4 is 5.97 Å². The minimum absolute atomic E-state index is 0.412. The van der Waals surface area contributed by atoms with Gasteiger partial charge in [0.15, 0.2) is 11.6 Å². The molecule has 0 saturated heterocycles. The minimum Gasteiger partial charge on any atom is -0.423 e. The molecule has 2 aromatic carbocycles. The van der Waals surface area contributed by atoms with Crippen LogP contribution in [-0.4, -0.2) is 25.9 Å². The summed E-state index contributed by atoms with van der Waals surface area (Å²) >= 11 is 0. The first-order chi connectivity index (χ1) is 21.2. The molecule has 0 aliphatic carbocycles. The molecule has 6 heteroatoms. The van der Waals surface area contributed by atoms with E-state index in [1.165, 1.54) is 88.2 Å². The van der Waals surface area contributed by atoms with E-state index in [2.05, 4.69) is 33.8 Å². The molecule has 226 valence electrons. The Balaban J connectivity index is 1.23. The van der Waals surface area contributed by atoms with E-state index in [1.807, 2.05) is 49.1 Å². The Labute approximate surface area is 257 Å². The van der Waals surface area contributed by atoms with Gasteiger partial charge < -0.3 is 4.74 Å². The number of ether oxygens (including phenoxy) is 1. The molecule has 0 unspecified atom stereocenters. The quantitative estimate of drug-likeness (QED) is 0.0664. The third kappa shape index (κ3) is 10.7. The number of benzene rings is 2. The lowest BCUT2D eigenvalue weighted by atomic mass is 10.1. The van der Waals surface area contributed by atoms with Gasteiger partial charge in [0.25, 0.3) is 0 Å². The largest absolute Gasteiger partial charge is 0.423 e. The smallest absolute Gasteiger partial charge is 0.343 e. The molecule has 0 fully saturated rings. The van der Waals surface area contributed by atoms with Gasteiger partial charge in [-0.1, -0.05) is 90.2 Å². The van der Waals surface area contributed by atoms with E-state index in [0.29, 0.717) is 23.0 Å². The molecule has 43 heavy (non-hydrogen) atoms. The van der Waals surface area contributed by atoms with Crippen molar-refractivity contribution in [3.05, 3.63) is 90.0 Å². The van der Waals surface area contributed by atoms with Gasteiger partial charge in [-0.15, -0.1) is 0 Å². The number of unbranched alkanes of at least 4 members (excludes halogenated alkanes) is 10. The van der Waals surface area contributed by atoms with Gasteiger partial charge in [-0.3, -0.25) is 0 Å². The second-order valence-corrected chi connectivity index (χ2v) is 11.4. The average molecular weight is 579 g/mol. The number of hydrogen-bond acceptors (Lipinski definition) is 6. The third-order valence-corrected chi connectivity index (χ3v) is 7.75. The maximum atomic E-state index is 12.8. The molecule has 4 rings (SSSR count). The maximum Gasteiger partial charge on any atom is 0.343 e. The number of rotatable bonds is 18. The SMILES string of the molecule is CCCCCCCCCc1cnc(-c2ccc(C(=O)Oc3ccc(-c4ncc(CCCCCCC)cn4)cc3)cc2)nc1. The number of nitrogens with zero attached hydrogens (tertiary/aromatic N) is 4. The Bertz CT molecular complexity index is 1350. The van der Waals surface area contributed by atoms with E-state index in [0.717, 1.165) is 24.0 Å². The highest BCUT2D eigenvalue weighted by molar-refractivity contribution is 5.91. The summed E-state index contributed by atoms with van der Waals surface area (Å²) < 4.78 is 5.61. The van der Waals surface area contributed by atoms with E-state index >= 15 is 0 Å². The predicted molar refractivity (Wildman–Crippen MR) is 174 cm³/mol. The summed E-state index contributed by atoms with van der Waals surface area (Å²) in [5.41, 5.74) is 4.55. The predicted octanol–water partition coefficient (Wildman–Crippen LogP) is 9.63. The zero-order valence-electron chi connectivity index (χ0n) is 25.9. The van der Waals surface area contributed by atoms with Crippen LogP contribution in [0.4, 0.5) is 0 Å². The summed E-state index contributed by atoms with van der Waals surface area (Å²) in [6.45, 7) is 4.48. The Morgan fingerprint density at radius 3 is 1.37 bits per heavy atom. The normalized spacial score (nSPS) is 11.0. The van der Waals surface area contributed by atoms with E-state index in [9.17, 15) is 4.79 Å². The van der Waals surface area contributed by atoms with Crippen LogP contribution in [0.3, 0.4) is 0 Å². The first kappa shape index (κ1) is 32.0. The van der Waals surface area contributed by atoms with Gasteiger partial charge >= 0.3 is 5.97 Å². The lowest BCUT2D eigenvalue weighted by Gasteiger charge is -2.07. The second kappa shape index (κ2) is 17.9. The zero-order chi connectivity index (χ0) is 30.1. The topological polar surface area (TPSA) is 77.9 Å². The molecule has 0 aliphatic heterocycles. The summed E-state index contributed by atoms with van der Waals surface area (Å²) in [6, 6.07) is 14.5. The van der Waals surface area contributed by atoms with Gasteiger partial charge in [-0.05, 0) is 73.2 Å². The van der Waals surface area contributed by atoms with Gasteiger partial charge in [-0.2, -0.15) is 0 Å². The fourth-order valence-corrected chi connectivity index (χ4v) is 5.08. The number of carbonyl (C=O) groups excluding carboxylic acids is 1. The van der Waals surface area contributed by atoms with Crippen LogP contribution in [0.2, 0.25) is 0 Å². The Morgan fingerprint density at radius 2 is 0.930 bits per heavy atom. The monoisotopic (exact) mass is 578 g/mol. The van der Waals surface area contributed by atoms with Crippen LogP contribution >= 0.6 is 0 Å². The fourth-order valence-electron chi connectivity index (χ4n) is 5.08. The lowest BCUT2D eigenvalue weighted by molar-refractivity contribution is 0.0735. The molecule has 6 nitrogen and oxygen atoms in total. The van der Waals surface area contributed by atoms with Gasteiger partial charge in [0.2, 0.25) is 0 Å². The molecule has 4 aromatic rings. The molecule has 2 heterocycles. The Kier molecular flexibility index (Phi) is 13.3. The molecule has 0 aliphatic rings. The van der Waals surface area contributed by atoms with Gasteiger partial charge in [0.05, 0.1) is 5.56 Å². The van der Waals surface area contributed by atoms with E-state index < -0.39 is 5.97 Å². The van der Waals surface area contributed by atoms with Gasteiger partial charge in [0, 0.05) is 35.9 Å². The van der Waals surface area contributed by atoms with Crippen LogP contribution in [-0.2, 0) is 12.8 Å². The lowest BCUT2D eigenvalue weighted by Crippen LogP contribution is -2.08. The second-order valence-electron chi connectivity index (χ2n) is 11.4. The summed E-state index contributed by atoms with van der Waals surface area (Å²) in [4.78, 5) is 30.9. The van der Waals surface area contributed by atoms with Crippen LogP contribution in [0.15, 0.2) is 73.3 Å². The van der Waals surface area contributed by atoms with Gasteiger partial charge in [-0.25, -0.2) is 24.7 Å². The van der Waals surface area contributed by atoms with Crippen LogP contribution in [0.5, 0.6) is 5.75 Å². The van der Waals surface area contributed by atoms with Crippen molar-refractivity contribution in [1.82, 2.24) is 19.9 Å². The first-order valence-corrected chi connectivity index (χ1v) is 16.2. The van der Waals surface area contributed by atoms with Crippen LogP contribution in [0.1, 0.15) is 112 Å². The molecule has 0 amide bonds. The standard InChI is InChI=1S/C37H46N4O2/c1-3-5-7-9-10-12-14-16-30-25-38-35(39-26-30)31-17-19-33(20-18-31)37(42)43-34-23-21-32(22-24-34)36-40-27-29(28-41-36)15-13-11-8-6-4-2/h17-28H,3-16H2,1-2H3. The number of aryl methyl sites for hydroxylation is 2. The van der Waals surface area contributed by atoms with E-state index in [-0.39, 0.29) is 0 Å². The van der Waals surface area contributed by atoms with Crippen molar-refractivity contribution in [1.29, 1.82) is 0 Å². The van der Waals surface area contributed by atoms with Crippen LogP contribution in [0.25, 0.3) is 22.8 Å². The molecule has 0 bridgehead atoms. The maximum absolute atomic E-state index is 12.8. The Morgan fingerprint density at radius 1 is 0.535 bits per heavy atom. The zero-order valence-corrected chi connectivity index (χ0v) is 25.9. The molecule has 0 spiro atoms. The molecule has 0 N–H and O–H groups in total. The highest BCUT2D eigenvalue weighted by Crippen LogP contribution is 2.22. The van der Waals surface area contributed by atoms with Crippen molar-refractivity contribution in [2.24, 2.45) is 0 Å². The number of esters is 1. The average Bonchev–Trinajstić information content (AvgIpc) is 3.05. The van der Waals surface area contributed by atoms with Crippen molar-refractivity contribution in [2.45, 2.75) is 104 Å². The van der Waals surface area contributed by atoms with Crippen molar-refractivity contribution in [3.63, 3.8) is 0 Å². The number of aromatic nitrogens is 4. The van der Waals surface area contributed by atoms with E-state index in [4.69, 9.17) is 4.74 Å². The summed E-state index contributed by atoms with van der Waals surface area (Å²) in [5, 5.41) is 0. The van der Waals surface area contributed by atoms with Crippen molar-refractivity contribution in [2.75, 3.05) is 0 Å². The molecule has 0 atom stereocenters. The first-order valence-electron chi connectivity index (χ1n) is 16.2. The molecular weight excluding hydrogens is 532 g/mol. The third-order valence-electron chi connectivity index (χ3n) is 7.75.